The number of amides is 2. The van der Waals surface area contributed by atoms with Gasteiger partial charge in [0.15, 0.2) is 0 Å². The van der Waals surface area contributed by atoms with Crippen molar-refractivity contribution in [3.63, 3.8) is 0 Å². The molecule has 0 heterocycles. The molecule has 2 aromatic rings. The molecule has 0 aromatic heterocycles. The van der Waals surface area contributed by atoms with Gasteiger partial charge in [0.1, 0.15) is 5.75 Å². The molecule has 0 spiro atoms. The van der Waals surface area contributed by atoms with Gasteiger partial charge in [0.25, 0.3) is 5.91 Å². The molecule has 1 saturated carbocycles. The molecule has 2 amide bonds. The lowest BCUT2D eigenvalue weighted by Crippen LogP contribution is -2.36. The Morgan fingerprint density at radius 1 is 0.833 bits per heavy atom. The van der Waals surface area contributed by atoms with Crippen molar-refractivity contribution in [1.29, 1.82) is 0 Å². The number of ether oxygens (including phenoxy) is 1. The predicted molar refractivity (Wildman–Crippen MR) is 120 cm³/mol. The highest BCUT2D eigenvalue weighted by molar-refractivity contribution is 6.04. The largest absolute Gasteiger partial charge is 0.497 e. The first-order chi connectivity index (χ1) is 14.6. The summed E-state index contributed by atoms with van der Waals surface area (Å²) in [5, 5.41) is 9.12. The van der Waals surface area contributed by atoms with Crippen molar-refractivity contribution in [1.82, 2.24) is 5.32 Å². The molecular formula is C24H31N3O3. The fourth-order valence-corrected chi connectivity index (χ4v) is 3.69. The molecule has 0 bridgehead atoms. The molecule has 6 heteroatoms. The van der Waals surface area contributed by atoms with Crippen molar-refractivity contribution < 1.29 is 14.3 Å². The van der Waals surface area contributed by atoms with Crippen molar-refractivity contribution in [3.8, 4) is 5.75 Å². The Hall–Kier alpha value is -2.86. The number of carbonyl (C=O) groups is 2. The van der Waals surface area contributed by atoms with E-state index in [-0.39, 0.29) is 11.8 Å². The second-order valence-electron chi connectivity index (χ2n) is 7.73. The highest BCUT2D eigenvalue weighted by atomic mass is 16.5. The first-order valence-corrected chi connectivity index (χ1v) is 10.7. The van der Waals surface area contributed by atoms with E-state index in [4.69, 9.17) is 4.74 Å². The summed E-state index contributed by atoms with van der Waals surface area (Å²) in [5.74, 6) is 0.466. The van der Waals surface area contributed by atoms with Crippen LogP contribution in [-0.2, 0) is 4.79 Å². The molecule has 160 valence electrons. The van der Waals surface area contributed by atoms with E-state index in [1.165, 1.54) is 32.1 Å². The molecule has 1 aliphatic carbocycles. The Labute approximate surface area is 178 Å². The van der Waals surface area contributed by atoms with Crippen LogP contribution in [-0.4, -0.2) is 31.5 Å². The average Bonchev–Trinajstić information content (AvgIpc) is 2.74. The van der Waals surface area contributed by atoms with Crippen LogP contribution in [0, 0.1) is 0 Å². The van der Waals surface area contributed by atoms with Crippen molar-refractivity contribution in [2.24, 2.45) is 0 Å². The fourth-order valence-electron chi connectivity index (χ4n) is 3.69. The summed E-state index contributed by atoms with van der Waals surface area (Å²) in [6.07, 6.45) is 8.68. The van der Waals surface area contributed by atoms with Gasteiger partial charge in [-0.3, -0.25) is 9.59 Å². The Kier molecular flexibility index (Phi) is 8.27. The van der Waals surface area contributed by atoms with Crippen LogP contribution in [0.3, 0.4) is 0 Å². The molecule has 1 aliphatic rings. The first-order valence-electron chi connectivity index (χ1n) is 10.7. The lowest BCUT2D eigenvalue weighted by atomic mass is 9.97. The molecule has 1 fully saturated rings. The van der Waals surface area contributed by atoms with E-state index in [9.17, 15) is 9.59 Å². The number of rotatable bonds is 7. The normalized spacial score (nSPS) is 15.0. The van der Waals surface area contributed by atoms with Crippen LogP contribution in [0.2, 0.25) is 0 Å². The van der Waals surface area contributed by atoms with Gasteiger partial charge < -0.3 is 20.7 Å². The van der Waals surface area contributed by atoms with E-state index in [1.807, 2.05) is 0 Å². The van der Waals surface area contributed by atoms with Crippen LogP contribution in [0.15, 0.2) is 48.5 Å². The van der Waals surface area contributed by atoms with Gasteiger partial charge in [0, 0.05) is 23.0 Å². The monoisotopic (exact) mass is 409 g/mol. The SMILES string of the molecule is COc1ccc(NC(=O)c2ccc(NC(=O)CNC3CCCCCCC3)cc2)cc1. The minimum absolute atomic E-state index is 0.0625. The van der Waals surface area contributed by atoms with Gasteiger partial charge in [-0.2, -0.15) is 0 Å². The van der Waals surface area contributed by atoms with Crippen molar-refractivity contribution in [3.05, 3.63) is 54.1 Å². The Bertz CT molecular complexity index is 811. The molecule has 30 heavy (non-hydrogen) atoms. The zero-order valence-corrected chi connectivity index (χ0v) is 17.6. The van der Waals surface area contributed by atoms with E-state index < -0.39 is 0 Å². The minimum atomic E-state index is -0.205. The summed E-state index contributed by atoms with van der Waals surface area (Å²) in [4.78, 5) is 24.7. The molecule has 6 nitrogen and oxygen atoms in total. The second-order valence-corrected chi connectivity index (χ2v) is 7.73. The second kappa shape index (κ2) is 11.4. The third kappa shape index (κ3) is 6.88. The molecular weight excluding hydrogens is 378 g/mol. The predicted octanol–water partition coefficient (Wildman–Crippen LogP) is 4.59. The van der Waals surface area contributed by atoms with Crippen LogP contribution in [0.5, 0.6) is 5.75 Å². The summed E-state index contributed by atoms with van der Waals surface area (Å²) < 4.78 is 5.11. The van der Waals surface area contributed by atoms with E-state index >= 15 is 0 Å². The zero-order valence-electron chi connectivity index (χ0n) is 17.6. The van der Waals surface area contributed by atoms with Crippen LogP contribution in [0.25, 0.3) is 0 Å². The highest BCUT2D eigenvalue weighted by Crippen LogP contribution is 2.18. The number of hydrogen-bond donors (Lipinski definition) is 3. The molecule has 2 aromatic carbocycles. The third-order valence-corrected chi connectivity index (χ3v) is 5.44. The Morgan fingerprint density at radius 2 is 1.40 bits per heavy atom. The van der Waals surface area contributed by atoms with Gasteiger partial charge in [0.2, 0.25) is 5.91 Å². The lowest BCUT2D eigenvalue weighted by Gasteiger charge is -2.20. The van der Waals surface area contributed by atoms with E-state index in [1.54, 1.807) is 55.6 Å². The summed E-state index contributed by atoms with van der Waals surface area (Å²) >= 11 is 0. The van der Waals surface area contributed by atoms with E-state index in [0.717, 1.165) is 18.6 Å². The van der Waals surface area contributed by atoms with Gasteiger partial charge in [0.05, 0.1) is 13.7 Å². The fraction of sp³-hybridized carbons (Fsp3) is 0.417. The van der Waals surface area contributed by atoms with Gasteiger partial charge in [-0.15, -0.1) is 0 Å². The topological polar surface area (TPSA) is 79.5 Å². The van der Waals surface area contributed by atoms with Gasteiger partial charge in [-0.05, 0) is 61.4 Å². The number of anilines is 2. The van der Waals surface area contributed by atoms with Gasteiger partial charge >= 0.3 is 0 Å². The molecule has 0 atom stereocenters. The van der Waals surface area contributed by atoms with Crippen molar-refractivity contribution in [2.45, 2.75) is 51.0 Å². The standard InChI is InChI=1S/C24H31N3O3/c1-30-22-15-13-21(14-16-22)27-24(29)18-9-11-20(12-10-18)26-23(28)17-25-19-7-5-3-2-4-6-8-19/h9-16,19,25H,2-8,17H2,1H3,(H,26,28)(H,27,29). The van der Waals surface area contributed by atoms with Crippen LogP contribution in [0.4, 0.5) is 11.4 Å². The van der Waals surface area contributed by atoms with Crippen molar-refractivity contribution >= 4 is 23.2 Å². The quantitative estimate of drug-likeness (QED) is 0.625. The average molecular weight is 410 g/mol. The molecule has 3 rings (SSSR count). The smallest absolute Gasteiger partial charge is 0.255 e. The molecule has 0 unspecified atom stereocenters. The lowest BCUT2D eigenvalue weighted by molar-refractivity contribution is -0.115. The zero-order chi connectivity index (χ0) is 21.2. The maximum absolute atomic E-state index is 12.4. The number of carbonyl (C=O) groups excluding carboxylic acids is 2. The number of hydrogen-bond acceptors (Lipinski definition) is 4. The Balaban J connectivity index is 1.45. The number of methoxy groups -OCH3 is 1. The molecule has 3 N–H and O–H groups in total. The minimum Gasteiger partial charge on any atom is -0.497 e. The first kappa shape index (κ1) is 21.8. The number of nitrogens with one attached hydrogen (secondary N) is 3. The summed E-state index contributed by atoms with van der Waals surface area (Å²) in [5.41, 5.74) is 1.90. The van der Waals surface area contributed by atoms with E-state index in [2.05, 4.69) is 16.0 Å². The van der Waals surface area contributed by atoms with Crippen LogP contribution >= 0.6 is 0 Å². The Morgan fingerprint density at radius 3 is 2.03 bits per heavy atom. The van der Waals surface area contributed by atoms with Gasteiger partial charge in [-0.25, -0.2) is 0 Å². The summed E-state index contributed by atoms with van der Waals surface area (Å²) in [6, 6.07) is 14.5. The molecule has 0 aliphatic heterocycles. The maximum Gasteiger partial charge on any atom is 0.255 e. The van der Waals surface area contributed by atoms with Crippen LogP contribution < -0.4 is 20.7 Å². The summed E-state index contributed by atoms with van der Waals surface area (Å²) in [7, 11) is 1.60. The van der Waals surface area contributed by atoms with Crippen molar-refractivity contribution in [2.75, 3.05) is 24.3 Å². The third-order valence-electron chi connectivity index (χ3n) is 5.44. The van der Waals surface area contributed by atoms with Gasteiger partial charge in [-0.1, -0.05) is 32.1 Å². The van der Waals surface area contributed by atoms with E-state index in [0.29, 0.717) is 29.5 Å². The number of benzene rings is 2. The summed E-state index contributed by atoms with van der Waals surface area (Å²) in [6.45, 7) is 0.310. The molecule has 0 saturated heterocycles. The maximum atomic E-state index is 12.4. The molecule has 0 radical (unpaired) electrons. The van der Waals surface area contributed by atoms with Crippen LogP contribution in [0.1, 0.15) is 55.3 Å². The highest BCUT2D eigenvalue weighted by Gasteiger charge is 2.13.